The summed E-state index contributed by atoms with van der Waals surface area (Å²) in [6.45, 7) is 4.27. The first-order valence-electron chi connectivity index (χ1n) is 5.60. The first-order valence-corrected chi connectivity index (χ1v) is 5.60. The molecule has 0 aromatic heterocycles. The van der Waals surface area contributed by atoms with Crippen LogP contribution in [0.15, 0.2) is 42.5 Å². The van der Waals surface area contributed by atoms with Gasteiger partial charge in [-0.25, -0.2) is 0 Å². The molecular weight excluding hydrogens is 200 g/mol. The van der Waals surface area contributed by atoms with Crippen molar-refractivity contribution in [2.45, 2.75) is 25.4 Å². The molecule has 16 heavy (non-hydrogen) atoms. The van der Waals surface area contributed by atoms with Crippen LogP contribution in [0, 0.1) is 0 Å². The summed E-state index contributed by atoms with van der Waals surface area (Å²) in [6, 6.07) is 10.3. The van der Waals surface area contributed by atoms with E-state index in [-0.39, 0.29) is 18.5 Å². The summed E-state index contributed by atoms with van der Waals surface area (Å²) in [7, 11) is 0. The van der Waals surface area contributed by atoms with E-state index in [1.807, 2.05) is 18.2 Å². The highest BCUT2D eigenvalue weighted by molar-refractivity contribution is 5.82. The molecule has 0 bridgehead atoms. The smallest absolute Gasteiger partial charge is 0.161 e. The van der Waals surface area contributed by atoms with Crippen molar-refractivity contribution in [2.75, 3.05) is 6.61 Å². The van der Waals surface area contributed by atoms with Gasteiger partial charge in [-0.05, 0) is 24.0 Å². The van der Waals surface area contributed by atoms with Crippen LogP contribution in [0.2, 0.25) is 0 Å². The standard InChI is InChI=1S/C14H16O2/c1-11(14-9-13(15)10-16-14)7-8-12-5-3-2-4-6-12/h2-6,14H,1,7-10H2. The van der Waals surface area contributed by atoms with Crippen LogP contribution < -0.4 is 0 Å². The van der Waals surface area contributed by atoms with Crippen LogP contribution >= 0.6 is 0 Å². The number of carbonyl (C=O) groups is 1. The predicted octanol–water partition coefficient (Wildman–Crippen LogP) is 2.53. The molecule has 0 radical (unpaired) electrons. The summed E-state index contributed by atoms with van der Waals surface area (Å²) in [4.78, 5) is 11.1. The molecule has 0 spiro atoms. The summed E-state index contributed by atoms with van der Waals surface area (Å²) >= 11 is 0. The number of benzene rings is 1. The van der Waals surface area contributed by atoms with Crippen LogP contribution in [-0.4, -0.2) is 18.5 Å². The van der Waals surface area contributed by atoms with Gasteiger partial charge in [0.2, 0.25) is 0 Å². The minimum Gasteiger partial charge on any atom is -0.366 e. The van der Waals surface area contributed by atoms with Crippen LogP contribution in [0.3, 0.4) is 0 Å². The third-order valence-electron chi connectivity index (χ3n) is 2.89. The number of hydrogen-bond donors (Lipinski definition) is 0. The van der Waals surface area contributed by atoms with Gasteiger partial charge in [-0.1, -0.05) is 36.9 Å². The average Bonchev–Trinajstić information content (AvgIpc) is 2.74. The van der Waals surface area contributed by atoms with E-state index in [1.165, 1.54) is 5.56 Å². The van der Waals surface area contributed by atoms with Crippen molar-refractivity contribution < 1.29 is 9.53 Å². The lowest BCUT2D eigenvalue weighted by Gasteiger charge is -2.11. The van der Waals surface area contributed by atoms with Crippen LogP contribution in [0.25, 0.3) is 0 Å². The highest BCUT2D eigenvalue weighted by atomic mass is 16.5. The Morgan fingerprint density at radius 3 is 2.75 bits per heavy atom. The molecule has 2 nitrogen and oxygen atoms in total. The van der Waals surface area contributed by atoms with E-state index in [0.29, 0.717) is 6.42 Å². The molecular formula is C14H16O2. The van der Waals surface area contributed by atoms with E-state index in [4.69, 9.17) is 4.74 Å². The molecule has 1 heterocycles. The van der Waals surface area contributed by atoms with Crippen molar-refractivity contribution >= 4 is 5.78 Å². The monoisotopic (exact) mass is 216 g/mol. The molecule has 1 saturated heterocycles. The highest BCUT2D eigenvalue weighted by Gasteiger charge is 2.24. The molecule has 0 amide bonds. The van der Waals surface area contributed by atoms with E-state index in [0.717, 1.165) is 18.4 Å². The third kappa shape index (κ3) is 2.80. The summed E-state index contributed by atoms with van der Waals surface area (Å²) in [5.41, 5.74) is 2.34. The van der Waals surface area contributed by atoms with Gasteiger partial charge < -0.3 is 4.74 Å². The SMILES string of the molecule is C=C(CCc1ccccc1)C1CC(=O)CO1. The Morgan fingerprint density at radius 1 is 1.38 bits per heavy atom. The first kappa shape index (κ1) is 11.1. The minimum absolute atomic E-state index is 0.0452. The summed E-state index contributed by atoms with van der Waals surface area (Å²) in [5, 5.41) is 0. The molecule has 1 fully saturated rings. The fourth-order valence-electron chi connectivity index (χ4n) is 1.89. The number of ketones is 1. The zero-order valence-electron chi connectivity index (χ0n) is 9.32. The van der Waals surface area contributed by atoms with Crippen molar-refractivity contribution in [1.29, 1.82) is 0 Å². The molecule has 1 unspecified atom stereocenters. The van der Waals surface area contributed by atoms with Gasteiger partial charge in [0.05, 0.1) is 6.10 Å². The van der Waals surface area contributed by atoms with Crippen molar-refractivity contribution in [2.24, 2.45) is 0 Å². The molecule has 1 aliphatic heterocycles. The minimum atomic E-state index is -0.0452. The van der Waals surface area contributed by atoms with Gasteiger partial charge in [-0.2, -0.15) is 0 Å². The highest BCUT2D eigenvalue weighted by Crippen LogP contribution is 2.20. The number of rotatable bonds is 4. The Morgan fingerprint density at radius 2 is 2.12 bits per heavy atom. The van der Waals surface area contributed by atoms with Crippen molar-refractivity contribution in [1.82, 2.24) is 0 Å². The van der Waals surface area contributed by atoms with Gasteiger partial charge >= 0.3 is 0 Å². The van der Waals surface area contributed by atoms with E-state index in [2.05, 4.69) is 18.7 Å². The van der Waals surface area contributed by atoms with Crippen LogP contribution in [0.5, 0.6) is 0 Å². The number of hydrogen-bond acceptors (Lipinski definition) is 2. The fourth-order valence-corrected chi connectivity index (χ4v) is 1.89. The summed E-state index contributed by atoms with van der Waals surface area (Å²) in [5.74, 6) is 0.186. The lowest BCUT2D eigenvalue weighted by molar-refractivity contribution is -0.117. The fraction of sp³-hybridized carbons (Fsp3) is 0.357. The molecule has 2 heteroatoms. The molecule has 1 aromatic carbocycles. The van der Waals surface area contributed by atoms with E-state index in [1.54, 1.807) is 0 Å². The number of ether oxygens (including phenoxy) is 1. The lowest BCUT2D eigenvalue weighted by atomic mass is 10.0. The number of Topliss-reactive ketones (excluding diaryl/α,β-unsaturated/α-hetero) is 1. The second kappa shape index (κ2) is 5.08. The largest absolute Gasteiger partial charge is 0.366 e. The molecule has 0 aliphatic carbocycles. The predicted molar refractivity (Wildman–Crippen MR) is 63.3 cm³/mol. The van der Waals surface area contributed by atoms with Gasteiger partial charge in [0, 0.05) is 6.42 Å². The molecule has 0 N–H and O–H groups in total. The zero-order valence-corrected chi connectivity index (χ0v) is 9.32. The Labute approximate surface area is 95.9 Å². The van der Waals surface area contributed by atoms with Gasteiger partial charge in [0.15, 0.2) is 5.78 Å². The maximum Gasteiger partial charge on any atom is 0.161 e. The van der Waals surface area contributed by atoms with E-state index < -0.39 is 0 Å². The average molecular weight is 216 g/mol. The second-order valence-electron chi connectivity index (χ2n) is 4.19. The first-order chi connectivity index (χ1) is 7.75. The quantitative estimate of drug-likeness (QED) is 0.723. The summed E-state index contributed by atoms with van der Waals surface area (Å²) in [6.07, 6.45) is 2.32. The molecule has 1 atom stereocenters. The van der Waals surface area contributed by atoms with Crippen LogP contribution in [0.1, 0.15) is 18.4 Å². The van der Waals surface area contributed by atoms with Crippen LogP contribution in [0.4, 0.5) is 0 Å². The maximum absolute atomic E-state index is 11.1. The molecule has 1 aromatic rings. The van der Waals surface area contributed by atoms with Gasteiger partial charge in [-0.3, -0.25) is 4.79 Å². The molecule has 0 saturated carbocycles. The Balaban J connectivity index is 1.82. The van der Waals surface area contributed by atoms with E-state index in [9.17, 15) is 4.79 Å². The third-order valence-corrected chi connectivity index (χ3v) is 2.89. The lowest BCUT2D eigenvalue weighted by Crippen LogP contribution is -2.09. The maximum atomic E-state index is 11.1. The molecule has 2 rings (SSSR count). The normalized spacial score (nSPS) is 20.0. The Bertz CT molecular complexity index is 381. The Hall–Kier alpha value is -1.41. The molecule has 1 aliphatic rings. The topological polar surface area (TPSA) is 26.3 Å². The zero-order chi connectivity index (χ0) is 11.4. The van der Waals surface area contributed by atoms with Gasteiger partial charge in [-0.15, -0.1) is 0 Å². The van der Waals surface area contributed by atoms with Crippen molar-refractivity contribution in [3.63, 3.8) is 0 Å². The molecule has 84 valence electrons. The van der Waals surface area contributed by atoms with Crippen LogP contribution in [-0.2, 0) is 16.0 Å². The second-order valence-corrected chi connectivity index (χ2v) is 4.19. The Kier molecular flexibility index (Phi) is 3.52. The van der Waals surface area contributed by atoms with Gasteiger partial charge in [0.1, 0.15) is 6.61 Å². The summed E-state index contributed by atoms with van der Waals surface area (Å²) < 4.78 is 5.37. The number of carbonyl (C=O) groups excluding carboxylic acids is 1. The van der Waals surface area contributed by atoms with Crippen molar-refractivity contribution in [3.8, 4) is 0 Å². The van der Waals surface area contributed by atoms with Crippen molar-refractivity contribution in [3.05, 3.63) is 48.0 Å². The van der Waals surface area contributed by atoms with Gasteiger partial charge in [0.25, 0.3) is 0 Å². The number of aryl methyl sites for hydroxylation is 1. The van der Waals surface area contributed by atoms with E-state index >= 15 is 0 Å².